The van der Waals surface area contributed by atoms with Crippen LogP contribution < -0.4 is 0 Å². The fraction of sp³-hybridized carbons (Fsp3) is 1.00. The van der Waals surface area contributed by atoms with Crippen LogP contribution in [0.2, 0.25) is 3.67 Å². The fourth-order valence-corrected chi connectivity index (χ4v) is 1.53. The van der Waals surface area contributed by atoms with Crippen molar-refractivity contribution in [2.24, 2.45) is 0 Å². The van der Waals surface area contributed by atoms with Crippen LogP contribution in [-0.4, -0.2) is 37.7 Å². The van der Waals surface area contributed by atoms with E-state index >= 15 is 0 Å². The third-order valence-corrected chi connectivity index (χ3v) is 2.41. The summed E-state index contributed by atoms with van der Waals surface area (Å²) >= 11 is 1.41. The largest absolute Gasteiger partial charge is 0.326 e. The Kier molecular flexibility index (Phi) is 19.9. The second kappa shape index (κ2) is 15.6. The van der Waals surface area contributed by atoms with E-state index in [2.05, 4.69) is 6.92 Å². The molecular formula is C8H20NaO3P. The molecule has 2 N–H and O–H groups in total. The molecule has 0 aromatic heterocycles. The fourth-order valence-electron chi connectivity index (χ4n) is 1.03. The molecule has 0 bridgehead atoms. The van der Waals surface area contributed by atoms with Crippen LogP contribution in [0.15, 0.2) is 0 Å². The Morgan fingerprint density at radius 2 is 1.46 bits per heavy atom. The summed E-state index contributed by atoms with van der Waals surface area (Å²) in [6.07, 6.45) is 8.76. The van der Waals surface area contributed by atoms with Crippen molar-refractivity contribution in [1.82, 2.24) is 0 Å². The second-order valence-electron chi connectivity index (χ2n) is 3.05. The van der Waals surface area contributed by atoms with E-state index in [4.69, 9.17) is 14.4 Å². The van der Waals surface area contributed by atoms with Crippen LogP contribution in [0.5, 0.6) is 0 Å². The van der Waals surface area contributed by atoms with Crippen molar-refractivity contribution in [2.45, 2.75) is 49.1 Å². The SMILES string of the molecule is CCCCCCC[CH2][Na].O=[PH](O)O. The first-order valence-corrected chi connectivity index (χ1v) is 7.78. The van der Waals surface area contributed by atoms with Crippen LogP contribution in [0.1, 0.15) is 45.4 Å². The topological polar surface area (TPSA) is 57.5 Å². The molecule has 0 unspecified atom stereocenters. The number of rotatable bonds is 6. The van der Waals surface area contributed by atoms with E-state index < -0.39 is 8.25 Å². The first-order valence-electron chi connectivity index (χ1n) is 5.07. The minimum absolute atomic E-state index is 1.38. The van der Waals surface area contributed by atoms with E-state index in [0.717, 1.165) is 0 Å². The predicted molar refractivity (Wildman–Crippen MR) is 57.4 cm³/mol. The van der Waals surface area contributed by atoms with Gasteiger partial charge in [-0.15, -0.1) is 0 Å². The molecule has 0 fully saturated rings. The molecule has 0 aromatic carbocycles. The molecule has 0 aromatic rings. The number of hydrogen-bond acceptors (Lipinski definition) is 1. The molecule has 0 aliphatic heterocycles. The quantitative estimate of drug-likeness (QED) is 0.408. The molecule has 0 heterocycles. The molecule has 0 radical (unpaired) electrons. The molecule has 0 saturated heterocycles. The van der Waals surface area contributed by atoms with Gasteiger partial charge in [-0.05, 0) is 0 Å². The van der Waals surface area contributed by atoms with Crippen LogP contribution in [-0.2, 0) is 4.57 Å². The molecular weight excluding hydrogens is 198 g/mol. The minimum atomic E-state index is -3.13. The maximum atomic E-state index is 8.74. The Morgan fingerprint density at radius 1 is 1.08 bits per heavy atom. The van der Waals surface area contributed by atoms with Crippen molar-refractivity contribution in [3.8, 4) is 0 Å². The van der Waals surface area contributed by atoms with Gasteiger partial charge in [0, 0.05) is 0 Å². The van der Waals surface area contributed by atoms with Crippen molar-refractivity contribution in [3.63, 3.8) is 0 Å². The smallest absolute Gasteiger partial charge is 0.314 e. The Labute approximate surface area is 99.3 Å². The van der Waals surface area contributed by atoms with Crippen LogP contribution in [0, 0.1) is 0 Å². The molecule has 0 aliphatic rings. The van der Waals surface area contributed by atoms with E-state index in [1.165, 1.54) is 70.1 Å². The maximum Gasteiger partial charge on any atom is 0.314 e. The zero-order valence-corrected chi connectivity index (χ0v) is 11.8. The molecule has 3 nitrogen and oxygen atoms in total. The maximum absolute atomic E-state index is 8.74. The van der Waals surface area contributed by atoms with Crippen molar-refractivity contribution in [2.75, 3.05) is 0 Å². The molecule has 0 atom stereocenters. The Hall–Kier alpha value is 1.15. The van der Waals surface area contributed by atoms with Gasteiger partial charge >= 0.3 is 85.3 Å². The Bertz CT molecular complexity index is 102. The second-order valence-corrected chi connectivity index (χ2v) is 4.62. The summed E-state index contributed by atoms with van der Waals surface area (Å²) in [6, 6.07) is 0. The standard InChI is InChI=1S/C8H17.Na.H3O3P/c1-3-5-7-8-6-4-2;;1-4(2)3/h1,3-8H2,2H3;;4H,(H2,1,2,3). The molecule has 0 aliphatic carbocycles. The van der Waals surface area contributed by atoms with Crippen LogP contribution in [0.3, 0.4) is 0 Å². The first kappa shape index (κ1) is 16.6. The summed E-state index contributed by atoms with van der Waals surface area (Å²) in [5.41, 5.74) is 0. The van der Waals surface area contributed by atoms with Gasteiger partial charge in [0.1, 0.15) is 0 Å². The first-order chi connectivity index (χ1) is 6.15. The summed E-state index contributed by atoms with van der Waals surface area (Å²) < 4.78 is 10.2. The third-order valence-electron chi connectivity index (χ3n) is 1.71. The van der Waals surface area contributed by atoms with E-state index in [-0.39, 0.29) is 0 Å². The summed E-state index contributed by atoms with van der Waals surface area (Å²) in [5.74, 6) is 0. The number of hydrogen-bond donors (Lipinski definition) is 2. The third kappa shape index (κ3) is 32.0. The van der Waals surface area contributed by atoms with Gasteiger partial charge in [-0.2, -0.15) is 0 Å². The summed E-state index contributed by atoms with van der Waals surface area (Å²) in [6.45, 7) is 2.27. The average molecular weight is 218 g/mol. The van der Waals surface area contributed by atoms with Crippen molar-refractivity contribution >= 4 is 36.2 Å². The van der Waals surface area contributed by atoms with E-state index in [1.807, 2.05) is 0 Å². The molecule has 13 heavy (non-hydrogen) atoms. The van der Waals surface area contributed by atoms with Crippen LogP contribution >= 0.6 is 8.25 Å². The van der Waals surface area contributed by atoms with Crippen LogP contribution in [0.4, 0.5) is 0 Å². The predicted octanol–water partition coefficient (Wildman–Crippen LogP) is 2.29. The van der Waals surface area contributed by atoms with Gasteiger partial charge in [0.15, 0.2) is 0 Å². The Balaban J connectivity index is 0. The van der Waals surface area contributed by atoms with E-state index in [9.17, 15) is 0 Å². The zero-order chi connectivity index (χ0) is 10.5. The molecule has 0 amide bonds. The zero-order valence-electron chi connectivity index (χ0n) is 8.75. The summed E-state index contributed by atoms with van der Waals surface area (Å²) in [4.78, 5) is 14.3. The Morgan fingerprint density at radius 3 is 1.85 bits per heavy atom. The normalized spacial score (nSPS) is 9.69. The summed E-state index contributed by atoms with van der Waals surface area (Å²) in [5, 5.41) is 0. The molecule has 76 valence electrons. The van der Waals surface area contributed by atoms with Gasteiger partial charge < -0.3 is 9.79 Å². The van der Waals surface area contributed by atoms with E-state index in [0.29, 0.717) is 0 Å². The summed E-state index contributed by atoms with van der Waals surface area (Å²) in [7, 11) is -3.13. The van der Waals surface area contributed by atoms with Gasteiger partial charge in [-0.25, -0.2) is 0 Å². The van der Waals surface area contributed by atoms with Crippen molar-refractivity contribution in [1.29, 1.82) is 0 Å². The van der Waals surface area contributed by atoms with Gasteiger partial charge in [-0.3, -0.25) is 4.57 Å². The average Bonchev–Trinajstić information content (AvgIpc) is 2.03. The van der Waals surface area contributed by atoms with Crippen molar-refractivity contribution in [3.05, 3.63) is 0 Å². The van der Waals surface area contributed by atoms with Gasteiger partial charge in [0.25, 0.3) is 0 Å². The minimum Gasteiger partial charge on any atom is -0.326 e. The molecule has 5 heteroatoms. The monoisotopic (exact) mass is 218 g/mol. The van der Waals surface area contributed by atoms with Gasteiger partial charge in [-0.1, -0.05) is 0 Å². The van der Waals surface area contributed by atoms with Gasteiger partial charge in [0.2, 0.25) is 0 Å². The molecule has 0 saturated carbocycles. The van der Waals surface area contributed by atoms with E-state index in [1.54, 1.807) is 0 Å². The number of unbranched alkanes of at least 4 members (excludes halogenated alkanes) is 5. The van der Waals surface area contributed by atoms with Crippen LogP contribution in [0.25, 0.3) is 0 Å². The molecule has 0 rings (SSSR count). The molecule has 0 spiro atoms. The van der Waals surface area contributed by atoms with Crippen molar-refractivity contribution < 1.29 is 14.4 Å². The van der Waals surface area contributed by atoms with Gasteiger partial charge in [0.05, 0.1) is 0 Å².